The molecule has 51 heavy (non-hydrogen) atoms. The third-order valence-corrected chi connectivity index (χ3v) is 11.1. The summed E-state index contributed by atoms with van der Waals surface area (Å²) in [6.45, 7) is 6.02. The molecular weight excluding hydrogens is 670 g/mol. The van der Waals surface area contributed by atoms with Gasteiger partial charge in [0.15, 0.2) is 5.65 Å². The van der Waals surface area contributed by atoms with Crippen molar-refractivity contribution >= 4 is 40.2 Å². The predicted octanol–water partition coefficient (Wildman–Crippen LogP) is 4.52. The van der Waals surface area contributed by atoms with Gasteiger partial charge in [-0.25, -0.2) is 24.5 Å². The van der Waals surface area contributed by atoms with E-state index >= 15 is 0 Å². The van der Waals surface area contributed by atoms with Gasteiger partial charge >= 0.3 is 11.7 Å². The molecule has 2 aromatic carbocycles. The van der Waals surface area contributed by atoms with E-state index in [9.17, 15) is 14.4 Å². The minimum atomic E-state index is -0.479. The van der Waals surface area contributed by atoms with Crippen LogP contribution in [0.3, 0.4) is 0 Å². The van der Waals surface area contributed by atoms with Gasteiger partial charge in [0, 0.05) is 62.1 Å². The largest absolute Gasteiger partial charge is 0.481 e. The van der Waals surface area contributed by atoms with Gasteiger partial charge in [0.05, 0.1) is 23.4 Å². The van der Waals surface area contributed by atoms with Gasteiger partial charge in [-0.1, -0.05) is 41.9 Å². The number of hydrogen-bond acceptors (Lipinski definition) is 9. The SMILES string of the molecule is COc1nc(-c2cccc(-c3cccc(Nc4nc(C)nc5c4c(=O)n(C)c(=O)n5C)c3C)c2Cl)cc2c1[C@@H](N1CC[C@]3(CNC(=O)N3)C1)CC2. The number of aryl methyl sites for hydroxylation is 3. The fraction of sp³-hybridized carbons (Fsp3) is 0.351. The molecule has 13 nitrogen and oxygen atoms in total. The standard InChI is InChI=1S/C37H38ClN9O4/c1-19-22(8-7-11-25(19)42-31-29-32(41-20(2)40-31)45(3)36(50)46(4)34(29)48)23-9-6-10-24(30(23)38)26-16-21-12-13-27(28(21)33(43-26)51-5)47-15-14-37(18-47)17-39-35(49)44-37/h6-11,16,27H,12-15,17-18H2,1-5H3,(H2,39,44,49)(H,40,41,42)/t27-,37-/m0/s1. The van der Waals surface area contributed by atoms with Crippen molar-refractivity contribution < 1.29 is 9.53 Å². The molecule has 2 amide bonds. The van der Waals surface area contributed by atoms with E-state index in [1.54, 1.807) is 21.1 Å². The summed E-state index contributed by atoms with van der Waals surface area (Å²) in [5.74, 6) is 1.33. The second-order valence-electron chi connectivity index (χ2n) is 13.7. The zero-order chi connectivity index (χ0) is 35.8. The van der Waals surface area contributed by atoms with Crippen LogP contribution in [0.2, 0.25) is 5.02 Å². The van der Waals surface area contributed by atoms with Crippen LogP contribution in [0.25, 0.3) is 33.4 Å². The van der Waals surface area contributed by atoms with Crippen molar-refractivity contribution in [1.29, 1.82) is 0 Å². The summed E-state index contributed by atoms with van der Waals surface area (Å²) in [6, 6.07) is 14.0. The lowest BCUT2D eigenvalue weighted by Gasteiger charge is -2.28. The second kappa shape index (κ2) is 12.2. The third-order valence-electron chi connectivity index (χ3n) is 10.7. The van der Waals surface area contributed by atoms with Crippen molar-refractivity contribution in [3.8, 4) is 28.3 Å². The maximum atomic E-state index is 13.3. The number of methoxy groups -OCH3 is 1. The summed E-state index contributed by atoms with van der Waals surface area (Å²) in [5, 5.41) is 10.2. The maximum Gasteiger partial charge on any atom is 0.332 e. The Morgan fingerprint density at radius 2 is 1.76 bits per heavy atom. The number of likely N-dealkylation sites (tertiary alicyclic amines) is 1. The van der Waals surface area contributed by atoms with Crippen LogP contribution in [0.5, 0.6) is 5.88 Å². The molecule has 5 heterocycles. The van der Waals surface area contributed by atoms with E-state index in [1.807, 2.05) is 43.3 Å². The highest BCUT2D eigenvalue weighted by Crippen LogP contribution is 2.46. The fourth-order valence-electron chi connectivity index (χ4n) is 8.02. The number of urea groups is 1. The first kappa shape index (κ1) is 32.9. The van der Waals surface area contributed by atoms with Crippen molar-refractivity contribution in [1.82, 2.24) is 39.6 Å². The van der Waals surface area contributed by atoms with E-state index in [0.717, 1.165) is 76.1 Å². The Hall–Kier alpha value is -5.27. The van der Waals surface area contributed by atoms with E-state index < -0.39 is 11.2 Å². The van der Waals surface area contributed by atoms with Gasteiger partial charge in [0.25, 0.3) is 5.56 Å². The van der Waals surface area contributed by atoms with Gasteiger partial charge < -0.3 is 20.7 Å². The summed E-state index contributed by atoms with van der Waals surface area (Å²) >= 11 is 7.24. The molecular formula is C37H38ClN9O4. The molecule has 0 unspecified atom stereocenters. The zero-order valence-corrected chi connectivity index (χ0v) is 29.8. The van der Waals surface area contributed by atoms with Crippen LogP contribution in [0.4, 0.5) is 16.3 Å². The van der Waals surface area contributed by atoms with Gasteiger partial charge in [-0.2, -0.15) is 0 Å². The highest BCUT2D eigenvalue weighted by atomic mass is 35.5. The number of anilines is 2. The summed E-state index contributed by atoms with van der Waals surface area (Å²) in [4.78, 5) is 54.2. The Bertz CT molecular complexity index is 2410. The highest BCUT2D eigenvalue weighted by Gasteiger charge is 2.46. The van der Waals surface area contributed by atoms with Gasteiger partial charge in [-0.15, -0.1) is 0 Å². The number of pyridine rings is 1. The third kappa shape index (κ3) is 5.33. The number of carbonyl (C=O) groups excluding carboxylic acids is 1. The van der Waals surface area contributed by atoms with E-state index in [0.29, 0.717) is 29.1 Å². The summed E-state index contributed by atoms with van der Waals surface area (Å²) in [5.41, 5.74) is 6.26. The number of ether oxygens (including phenoxy) is 1. The number of rotatable bonds is 6. The summed E-state index contributed by atoms with van der Waals surface area (Å²) < 4.78 is 8.34. The average Bonchev–Trinajstić information content (AvgIpc) is 3.84. The average molecular weight is 708 g/mol. The van der Waals surface area contributed by atoms with E-state index in [-0.39, 0.29) is 28.6 Å². The van der Waals surface area contributed by atoms with Crippen molar-refractivity contribution in [2.45, 2.75) is 44.7 Å². The molecule has 2 fully saturated rings. The van der Waals surface area contributed by atoms with Crippen LogP contribution in [-0.4, -0.2) is 67.3 Å². The van der Waals surface area contributed by atoms with Crippen LogP contribution in [0.15, 0.2) is 52.1 Å². The number of amides is 2. The maximum absolute atomic E-state index is 13.3. The normalized spacial score (nSPS) is 19.8. The number of hydrogen-bond donors (Lipinski definition) is 3. The number of nitrogens with one attached hydrogen (secondary N) is 3. The van der Waals surface area contributed by atoms with Gasteiger partial charge in [0.1, 0.15) is 17.0 Å². The topological polar surface area (TPSA) is 148 Å². The van der Waals surface area contributed by atoms with Gasteiger partial charge in [-0.05, 0) is 61.9 Å². The van der Waals surface area contributed by atoms with Crippen molar-refractivity contribution in [2.75, 3.05) is 32.1 Å². The number of aromatic nitrogens is 5. The summed E-state index contributed by atoms with van der Waals surface area (Å²) in [7, 11) is 4.69. The lowest BCUT2D eigenvalue weighted by atomic mass is 9.96. The fourth-order valence-corrected chi connectivity index (χ4v) is 8.35. The number of nitrogens with zero attached hydrogens (tertiary/aromatic N) is 6. The van der Waals surface area contributed by atoms with Crippen LogP contribution < -0.4 is 31.9 Å². The Balaban J connectivity index is 1.14. The van der Waals surface area contributed by atoms with Crippen molar-refractivity contribution in [3.05, 3.63) is 90.8 Å². The first-order valence-electron chi connectivity index (χ1n) is 17.0. The number of halogens is 1. The summed E-state index contributed by atoms with van der Waals surface area (Å²) in [6.07, 6.45) is 2.74. The highest BCUT2D eigenvalue weighted by molar-refractivity contribution is 6.36. The second-order valence-corrected chi connectivity index (χ2v) is 14.1. The number of carbonyl (C=O) groups is 1. The Morgan fingerprint density at radius 1 is 1.00 bits per heavy atom. The molecule has 1 spiro atoms. The number of benzene rings is 2. The lowest BCUT2D eigenvalue weighted by Crippen LogP contribution is -2.46. The Kier molecular flexibility index (Phi) is 7.87. The van der Waals surface area contributed by atoms with Gasteiger partial charge in [0.2, 0.25) is 5.88 Å². The molecule has 2 atom stereocenters. The molecule has 0 radical (unpaired) electrons. The Labute approximate surface area is 298 Å². The van der Waals surface area contributed by atoms with Crippen molar-refractivity contribution in [2.24, 2.45) is 14.1 Å². The van der Waals surface area contributed by atoms with Crippen LogP contribution in [0, 0.1) is 13.8 Å². The lowest BCUT2D eigenvalue weighted by molar-refractivity contribution is 0.219. The monoisotopic (exact) mass is 707 g/mol. The molecule has 3 aliphatic rings. The minimum Gasteiger partial charge on any atom is -0.481 e. The van der Waals surface area contributed by atoms with E-state index in [4.69, 9.17) is 21.3 Å². The smallest absolute Gasteiger partial charge is 0.332 e. The first-order valence-corrected chi connectivity index (χ1v) is 17.3. The first-order chi connectivity index (χ1) is 24.5. The molecule has 2 saturated heterocycles. The Morgan fingerprint density at radius 3 is 2.53 bits per heavy atom. The molecule has 3 aromatic heterocycles. The molecule has 1 aliphatic carbocycles. The molecule has 0 saturated carbocycles. The van der Waals surface area contributed by atoms with Crippen LogP contribution in [0.1, 0.15) is 41.4 Å². The van der Waals surface area contributed by atoms with Crippen LogP contribution in [-0.2, 0) is 20.5 Å². The quantitative estimate of drug-likeness (QED) is 0.232. The molecule has 3 N–H and O–H groups in total. The molecule has 262 valence electrons. The predicted molar refractivity (Wildman–Crippen MR) is 196 cm³/mol. The minimum absolute atomic E-state index is 0.0967. The molecule has 2 aliphatic heterocycles. The van der Waals surface area contributed by atoms with E-state index in [1.165, 1.54) is 17.2 Å². The molecule has 5 aromatic rings. The molecule has 0 bridgehead atoms. The van der Waals surface area contributed by atoms with Crippen LogP contribution >= 0.6 is 11.6 Å². The van der Waals surface area contributed by atoms with Gasteiger partial charge in [-0.3, -0.25) is 18.8 Å². The van der Waals surface area contributed by atoms with E-state index in [2.05, 4.69) is 36.9 Å². The zero-order valence-electron chi connectivity index (χ0n) is 29.1. The van der Waals surface area contributed by atoms with Crippen molar-refractivity contribution in [3.63, 3.8) is 0 Å². The molecule has 8 rings (SSSR count). The molecule has 14 heteroatoms. The number of fused-ring (bicyclic) bond motifs is 2.